The molecule has 3 rings (SSSR count). The van der Waals surface area contributed by atoms with Gasteiger partial charge in [-0.25, -0.2) is 13.2 Å². The second-order valence-electron chi connectivity index (χ2n) is 6.54. The van der Waals surface area contributed by atoms with Crippen LogP contribution in [-0.2, 0) is 19.7 Å². The third-order valence-electron chi connectivity index (χ3n) is 4.78. The summed E-state index contributed by atoms with van der Waals surface area (Å²) in [7, 11) is 0. The maximum atomic E-state index is 13.6. The molecule has 2 aromatic carbocycles. The maximum Gasteiger partial charge on any atom is 0.317 e. The average molecular weight is 377 g/mol. The molecular formula is C20H18F3NO3. The van der Waals surface area contributed by atoms with Gasteiger partial charge in [-0.05, 0) is 42.7 Å². The summed E-state index contributed by atoms with van der Waals surface area (Å²) >= 11 is 0. The fraction of sp³-hybridized carbons (Fsp3) is 0.300. The molecule has 7 heteroatoms. The molecule has 0 atom stereocenters. The van der Waals surface area contributed by atoms with Crippen LogP contribution in [0.4, 0.5) is 18.9 Å². The highest BCUT2D eigenvalue weighted by Crippen LogP contribution is 2.42. The van der Waals surface area contributed by atoms with Crippen molar-refractivity contribution in [2.75, 3.05) is 11.9 Å². The predicted molar refractivity (Wildman–Crippen MR) is 92.5 cm³/mol. The van der Waals surface area contributed by atoms with Crippen molar-refractivity contribution in [3.05, 3.63) is 65.5 Å². The zero-order chi connectivity index (χ0) is 19.4. The Morgan fingerprint density at radius 2 is 1.59 bits per heavy atom. The number of halogens is 3. The van der Waals surface area contributed by atoms with Gasteiger partial charge in [-0.2, -0.15) is 0 Å². The summed E-state index contributed by atoms with van der Waals surface area (Å²) < 4.78 is 44.8. The van der Waals surface area contributed by atoms with Crippen LogP contribution >= 0.6 is 0 Å². The lowest BCUT2D eigenvalue weighted by Gasteiger charge is -2.27. The van der Waals surface area contributed by atoms with Crippen molar-refractivity contribution in [3.8, 4) is 0 Å². The van der Waals surface area contributed by atoms with E-state index in [1.165, 1.54) is 12.1 Å². The Kier molecular flexibility index (Phi) is 5.48. The summed E-state index contributed by atoms with van der Waals surface area (Å²) in [4.78, 5) is 24.7. The van der Waals surface area contributed by atoms with E-state index in [9.17, 15) is 22.8 Å². The Morgan fingerprint density at radius 1 is 0.963 bits per heavy atom. The number of esters is 1. The third kappa shape index (κ3) is 4.13. The molecule has 0 aliphatic heterocycles. The molecule has 0 saturated heterocycles. The summed E-state index contributed by atoms with van der Waals surface area (Å²) in [6, 6.07) is 8.41. The van der Waals surface area contributed by atoms with Crippen LogP contribution in [0.15, 0.2) is 42.5 Å². The smallest absolute Gasteiger partial charge is 0.317 e. The topological polar surface area (TPSA) is 55.4 Å². The molecule has 0 aromatic heterocycles. The molecule has 0 bridgehead atoms. The van der Waals surface area contributed by atoms with E-state index in [0.29, 0.717) is 24.5 Å². The van der Waals surface area contributed by atoms with Crippen LogP contribution in [0.2, 0.25) is 0 Å². The van der Waals surface area contributed by atoms with Crippen molar-refractivity contribution in [3.63, 3.8) is 0 Å². The van der Waals surface area contributed by atoms with Gasteiger partial charge in [-0.15, -0.1) is 0 Å². The van der Waals surface area contributed by atoms with Gasteiger partial charge in [0.1, 0.15) is 17.5 Å². The van der Waals surface area contributed by atoms with E-state index in [1.807, 2.05) is 0 Å². The highest BCUT2D eigenvalue weighted by Gasteiger charge is 2.44. The zero-order valence-electron chi connectivity index (χ0n) is 14.4. The van der Waals surface area contributed by atoms with Gasteiger partial charge in [0.15, 0.2) is 6.61 Å². The highest BCUT2D eigenvalue weighted by molar-refractivity contribution is 5.94. The number of hydrogen-bond donors (Lipinski definition) is 1. The van der Waals surface area contributed by atoms with Gasteiger partial charge in [0.25, 0.3) is 5.91 Å². The normalized spacial score (nSPS) is 15.4. The van der Waals surface area contributed by atoms with Crippen LogP contribution in [0.1, 0.15) is 31.2 Å². The maximum absolute atomic E-state index is 13.6. The van der Waals surface area contributed by atoms with E-state index in [4.69, 9.17) is 4.74 Å². The molecule has 0 spiro atoms. The summed E-state index contributed by atoms with van der Waals surface area (Å²) in [5, 5.41) is 2.24. The number of carbonyl (C=O) groups is 2. The minimum Gasteiger partial charge on any atom is -0.455 e. The van der Waals surface area contributed by atoms with Crippen LogP contribution in [0, 0.1) is 17.5 Å². The van der Waals surface area contributed by atoms with Crippen molar-refractivity contribution in [1.82, 2.24) is 0 Å². The Balaban J connectivity index is 1.66. The molecule has 1 saturated carbocycles. The minimum atomic E-state index is -0.923. The molecule has 1 fully saturated rings. The van der Waals surface area contributed by atoms with E-state index >= 15 is 0 Å². The van der Waals surface area contributed by atoms with Crippen molar-refractivity contribution in [2.45, 2.75) is 31.1 Å². The first-order valence-corrected chi connectivity index (χ1v) is 8.59. The number of anilines is 1. The molecule has 0 radical (unpaired) electrons. The number of carbonyl (C=O) groups excluding carboxylic acids is 2. The second kappa shape index (κ2) is 7.82. The van der Waals surface area contributed by atoms with E-state index in [0.717, 1.165) is 25.0 Å². The quantitative estimate of drug-likeness (QED) is 0.799. The fourth-order valence-corrected chi connectivity index (χ4v) is 3.40. The summed E-state index contributed by atoms with van der Waals surface area (Å²) in [5.41, 5.74) is -0.460. The molecule has 1 amide bonds. The Bertz CT molecular complexity index is 846. The van der Waals surface area contributed by atoms with Crippen LogP contribution in [0.5, 0.6) is 0 Å². The van der Waals surface area contributed by atoms with Gasteiger partial charge in [0, 0.05) is 6.07 Å². The summed E-state index contributed by atoms with van der Waals surface area (Å²) in [6.45, 7) is -0.599. The van der Waals surface area contributed by atoms with Gasteiger partial charge in [-0.3, -0.25) is 9.59 Å². The Labute approximate surface area is 154 Å². The van der Waals surface area contributed by atoms with Gasteiger partial charge >= 0.3 is 5.97 Å². The average Bonchev–Trinajstić information content (AvgIpc) is 3.14. The second-order valence-corrected chi connectivity index (χ2v) is 6.54. The molecule has 1 aliphatic rings. The van der Waals surface area contributed by atoms with Crippen LogP contribution < -0.4 is 5.32 Å². The van der Waals surface area contributed by atoms with Crippen LogP contribution in [-0.4, -0.2) is 18.5 Å². The zero-order valence-corrected chi connectivity index (χ0v) is 14.4. The molecule has 1 N–H and O–H groups in total. The lowest BCUT2D eigenvalue weighted by atomic mass is 9.79. The summed E-state index contributed by atoms with van der Waals surface area (Å²) in [5.74, 6) is -3.39. The molecule has 142 valence electrons. The molecular weight excluding hydrogens is 359 g/mol. The number of amides is 1. The molecule has 27 heavy (non-hydrogen) atoms. The molecule has 2 aromatic rings. The highest BCUT2D eigenvalue weighted by atomic mass is 19.1. The third-order valence-corrected chi connectivity index (χ3v) is 4.78. The van der Waals surface area contributed by atoms with Crippen LogP contribution in [0.25, 0.3) is 0 Å². The van der Waals surface area contributed by atoms with Gasteiger partial charge < -0.3 is 10.1 Å². The Hall–Kier alpha value is -2.83. The minimum absolute atomic E-state index is 0.202. The van der Waals surface area contributed by atoms with Crippen molar-refractivity contribution < 1.29 is 27.5 Å². The monoisotopic (exact) mass is 377 g/mol. The fourth-order valence-electron chi connectivity index (χ4n) is 3.40. The lowest BCUT2D eigenvalue weighted by Crippen LogP contribution is -2.36. The number of hydrogen-bond acceptors (Lipinski definition) is 3. The number of benzene rings is 2. The van der Waals surface area contributed by atoms with E-state index in [2.05, 4.69) is 5.32 Å². The number of rotatable bonds is 5. The lowest BCUT2D eigenvalue weighted by molar-refractivity contribution is -0.153. The number of nitrogens with one attached hydrogen (secondary N) is 1. The van der Waals surface area contributed by atoms with E-state index < -0.39 is 41.4 Å². The van der Waals surface area contributed by atoms with Crippen molar-refractivity contribution in [2.24, 2.45) is 0 Å². The van der Waals surface area contributed by atoms with Gasteiger partial charge in [0.05, 0.1) is 11.1 Å². The molecule has 1 aliphatic carbocycles. The SMILES string of the molecule is O=C(COC(=O)C1(c2ccc(F)cc2)CCCC1)Nc1ccc(F)cc1F. The molecule has 0 unspecified atom stereocenters. The summed E-state index contributed by atoms with van der Waals surface area (Å²) in [6.07, 6.45) is 2.73. The van der Waals surface area contributed by atoms with Gasteiger partial charge in [-0.1, -0.05) is 25.0 Å². The van der Waals surface area contributed by atoms with Crippen molar-refractivity contribution in [1.29, 1.82) is 0 Å². The first-order valence-electron chi connectivity index (χ1n) is 8.59. The van der Waals surface area contributed by atoms with E-state index in [-0.39, 0.29) is 5.69 Å². The van der Waals surface area contributed by atoms with E-state index in [1.54, 1.807) is 12.1 Å². The molecule has 0 heterocycles. The predicted octanol–water partition coefficient (Wildman–Crippen LogP) is 4.10. The molecule has 4 nitrogen and oxygen atoms in total. The largest absolute Gasteiger partial charge is 0.455 e. The Morgan fingerprint density at radius 3 is 2.22 bits per heavy atom. The van der Waals surface area contributed by atoms with Crippen LogP contribution in [0.3, 0.4) is 0 Å². The first-order chi connectivity index (χ1) is 12.9. The van der Waals surface area contributed by atoms with Gasteiger partial charge in [0.2, 0.25) is 0 Å². The first kappa shape index (κ1) is 18.9. The number of ether oxygens (including phenoxy) is 1. The van der Waals surface area contributed by atoms with Crippen molar-refractivity contribution >= 4 is 17.6 Å². The standard InChI is InChI=1S/C20H18F3NO3/c21-14-5-3-13(4-6-14)20(9-1-2-10-20)19(26)27-12-18(25)24-17-8-7-15(22)11-16(17)23/h3-8,11H,1-2,9-10,12H2,(H,24,25).